The van der Waals surface area contributed by atoms with Crippen molar-refractivity contribution < 1.29 is 11.7 Å². The second-order valence-electron chi connectivity index (χ2n) is 5.15. The second kappa shape index (κ2) is 6.00. The Kier molecular flexibility index (Phi) is 4.60. The average Bonchev–Trinajstić information content (AvgIpc) is 2.54. The standard InChI is InChI=1S/C14H19F3S/c15-18(16,17)11-12-5-4-8-14(10-9-12)13-6-2-1-3-7-13/h1-3,6-7,12,14H,4-5,8-11H2. The molecule has 0 bridgehead atoms. The van der Waals surface area contributed by atoms with Crippen LogP contribution in [0.15, 0.2) is 30.3 Å². The van der Waals surface area contributed by atoms with Crippen molar-refractivity contribution >= 4 is 11.2 Å². The molecule has 0 aliphatic heterocycles. The van der Waals surface area contributed by atoms with E-state index in [0.717, 1.165) is 32.1 Å². The van der Waals surface area contributed by atoms with E-state index in [1.807, 2.05) is 18.2 Å². The van der Waals surface area contributed by atoms with E-state index in [0.29, 0.717) is 5.92 Å². The summed E-state index contributed by atoms with van der Waals surface area (Å²) >= 11 is -4.82. The molecule has 2 rings (SSSR count). The summed E-state index contributed by atoms with van der Waals surface area (Å²) in [6, 6.07) is 10.2. The minimum atomic E-state index is -4.82. The summed E-state index contributed by atoms with van der Waals surface area (Å²) in [4.78, 5) is 0. The lowest BCUT2D eigenvalue weighted by Gasteiger charge is -2.18. The summed E-state index contributed by atoms with van der Waals surface area (Å²) in [5.41, 5.74) is 1.29. The zero-order valence-electron chi connectivity index (χ0n) is 10.3. The average molecular weight is 276 g/mol. The van der Waals surface area contributed by atoms with Crippen molar-refractivity contribution in [2.45, 2.75) is 38.0 Å². The fourth-order valence-electron chi connectivity index (χ4n) is 2.87. The number of rotatable bonds is 3. The van der Waals surface area contributed by atoms with Gasteiger partial charge in [-0.25, -0.2) is 0 Å². The van der Waals surface area contributed by atoms with Gasteiger partial charge in [-0.2, -0.15) is 0 Å². The lowest BCUT2D eigenvalue weighted by atomic mass is 9.91. The van der Waals surface area contributed by atoms with Gasteiger partial charge < -0.3 is 0 Å². The third kappa shape index (κ3) is 4.23. The van der Waals surface area contributed by atoms with Gasteiger partial charge in [-0.3, -0.25) is 0 Å². The summed E-state index contributed by atoms with van der Waals surface area (Å²) < 4.78 is 37.4. The molecule has 2 atom stereocenters. The Bertz CT molecular complexity index is 361. The molecule has 0 radical (unpaired) electrons. The van der Waals surface area contributed by atoms with Crippen molar-refractivity contribution in [1.29, 1.82) is 0 Å². The Morgan fingerprint density at radius 2 is 1.67 bits per heavy atom. The van der Waals surface area contributed by atoms with E-state index in [1.165, 1.54) is 5.56 Å². The normalized spacial score (nSPS) is 26.6. The molecule has 0 nitrogen and oxygen atoms in total. The molecule has 1 fully saturated rings. The largest absolute Gasteiger partial charge is 0.209 e. The molecular weight excluding hydrogens is 257 g/mol. The van der Waals surface area contributed by atoms with Crippen molar-refractivity contribution in [2.75, 3.05) is 5.75 Å². The molecule has 2 unspecified atom stereocenters. The Hall–Kier alpha value is -0.640. The second-order valence-corrected chi connectivity index (χ2v) is 6.49. The molecule has 1 aliphatic carbocycles. The summed E-state index contributed by atoms with van der Waals surface area (Å²) in [6.07, 6.45) is 4.35. The molecule has 1 aromatic rings. The molecule has 18 heavy (non-hydrogen) atoms. The summed E-state index contributed by atoms with van der Waals surface area (Å²) in [7, 11) is 0. The van der Waals surface area contributed by atoms with Gasteiger partial charge in [0.1, 0.15) is 0 Å². The highest BCUT2D eigenvalue weighted by atomic mass is 32.3. The SMILES string of the molecule is FS(F)(F)CC1CCCC(c2ccccc2)CC1. The molecule has 102 valence electrons. The minimum Gasteiger partial charge on any atom is -0.125 e. The molecule has 0 aromatic heterocycles. The van der Waals surface area contributed by atoms with Gasteiger partial charge in [0, 0.05) is 0 Å². The maximum absolute atomic E-state index is 12.5. The zero-order chi connectivity index (χ0) is 13.0. The zero-order valence-corrected chi connectivity index (χ0v) is 11.1. The molecule has 0 spiro atoms. The van der Waals surface area contributed by atoms with Crippen LogP contribution in [0.4, 0.5) is 11.7 Å². The number of hydrogen-bond donors (Lipinski definition) is 0. The minimum absolute atomic E-state index is 0.131. The van der Waals surface area contributed by atoms with Crippen LogP contribution in [0.3, 0.4) is 0 Å². The van der Waals surface area contributed by atoms with Crippen LogP contribution >= 0.6 is 11.2 Å². The maximum Gasteiger partial charge on any atom is 0.209 e. The van der Waals surface area contributed by atoms with E-state index < -0.39 is 16.9 Å². The van der Waals surface area contributed by atoms with Gasteiger partial charge in [-0.05, 0) is 43.1 Å². The van der Waals surface area contributed by atoms with Gasteiger partial charge in [0.15, 0.2) is 0 Å². The van der Waals surface area contributed by atoms with Crippen LogP contribution in [-0.2, 0) is 0 Å². The van der Waals surface area contributed by atoms with Gasteiger partial charge in [-0.1, -0.05) is 36.8 Å². The first-order valence-electron chi connectivity index (χ1n) is 6.49. The van der Waals surface area contributed by atoms with Crippen LogP contribution in [0.1, 0.15) is 43.6 Å². The molecule has 0 N–H and O–H groups in total. The van der Waals surface area contributed by atoms with Gasteiger partial charge in [-0.15, -0.1) is 11.7 Å². The van der Waals surface area contributed by atoms with Crippen molar-refractivity contribution in [3.05, 3.63) is 35.9 Å². The highest BCUT2D eigenvalue weighted by Gasteiger charge is 2.29. The Balaban J connectivity index is 1.93. The Labute approximate surface area is 109 Å². The lowest BCUT2D eigenvalue weighted by Crippen LogP contribution is -2.06. The topological polar surface area (TPSA) is 0 Å². The van der Waals surface area contributed by atoms with Crippen molar-refractivity contribution in [1.82, 2.24) is 0 Å². The van der Waals surface area contributed by atoms with Crippen LogP contribution < -0.4 is 0 Å². The van der Waals surface area contributed by atoms with Crippen LogP contribution in [0, 0.1) is 5.92 Å². The number of halogens is 3. The van der Waals surface area contributed by atoms with Crippen LogP contribution in [0.25, 0.3) is 0 Å². The molecule has 1 saturated carbocycles. The van der Waals surface area contributed by atoms with Crippen LogP contribution in [-0.4, -0.2) is 5.75 Å². The van der Waals surface area contributed by atoms with Gasteiger partial charge >= 0.3 is 0 Å². The molecule has 1 aliphatic rings. The third-order valence-corrected chi connectivity index (χ3v) is 4.63. The van der Waals surface area contributed by atoms with Crippen molar-refractivity contribution in [2.24, 2.45) is 5.92 Å². The van der Waals surface area contributed by atoms with E-state index in [1.54, 1.807) is 0 Å². The van der Waals surface area contributed by atoms with Crippen LogP contribution in [0.2, 0.25) is 0 Å². The first-order valence-corrected chi connectivity index (χ1v) is 8.00. The monoisotopic (exact) mass is 276 g/mol. The quantitative estimate of drug-likeness (QED) is 0.611. The van der Waals surface area contributed by atoms with Crippen molar-refractivity contribution in [3.63, 3.8) is 0 Å². The highest BCUT2D eigenvalue weighted by molar-refractivity contribution is 8.20. The molecule has 0 amide bonds. The molecule has 4 heteroatoms. The first kappa shape index (κ1) is 13.8. The van der Waals surface area contributed by atoms with Gasteiger partial charge in [0.25, 0.3) is 0 Å². The Morgan fingerprint density at radius 1 is 0.944 bits per heavy atom. The number of hydrogen-bond acceptors (Lipinski definition) is 0. The highest BCUT2D eigenvalue weighted by Crippen LogP contribution is 2.55. The summed E-state index contributed by atoms with van der Waals surface area (Å²) in [5, 5.41) is 0. The lowest BCUT2D eigenvalue weighted by molar-refractivity contribution is 0.482. The fourth-order valence-corrected chi connectivity index (χ4v) is 3.74. The maximum atomic E-state index is 12.5. The van der Waals surface area contributed by atoms with E-state index >= 15 is 0 Å². The van der Waals surface area contributed by atoms with E-state index in [-0.39, 0.29) is 5.92 Å². The number of benzene rings is 1. The summed E-state index contributed by atoms with van der Waals surface area (Å²) in [5.74, 6) is -0.192. The third-order valence-electron chi connectivity index (χ3n) is 3.78. The predicted octanol–water partition coefficient (Wildman–Crippen LogP) is 5.81. The van der Waals surface area contributed by atoms with E-state index in [9.17, 15) is 11.7 Å². The fraction of sp³-hybridized carbons (Fsp3) is 0.571. The van der Waals surface area contributed by atoms with Gasteiger partial charge in [0.2, 0.25) is 11.2 Å². The van der Waals surface area contributed by atoms with Gasteiger partial charge in [0.05, 0.1) is 5.75 Å². The first-order chi connectivity index (χ1) is 8.54. The van der Waals surface area contributed by atoms with Crippen molar-refractivity contribution in [3.8, 4) is 0 Å². The molecule has 0 saturated heterocycles. The summed E-state index contributed by atoms with van der Waals surface area (Å²) in [6.45, 7) is 0. The smallest absolute Gasteiger partial charge is 0.125 e. The molecule has 1 aromatic carbocycles. The van der Waals surface area contributed by atoms with Crippen LogP contribution in [0.5, 0.6) is 0 Å². The Morgan fingerprint density at radius 3 is 2.33 bits per heavy atom. The molecular formula is C14H19F3S. The molecule has 0 heterocycles. The van der Waals surface area contributed by atoms with E-state index in [2.05, 4.69) is 12.1 Å². The van der Waals surface area contributed by atoms with E-state index in [4.69, 9.17) is 0 Å². The predicted molar refractivity (Wildman–Crippen MR) is 71.5 cm³/mol.